The van der Waals surface area contributed by atoms with Crippen LogP contribution >= 0.6 is 10.8 Å². The van der Waals surface area contributed by atoms with Crippen molar-refractivity contribution in [1.82, 2.24) is 0 Å². The summed E-state index contributed by atoms with van der Waals surface area (Å²) in [5.74, 6) is 0. The van der Waals surface area contributed by atoms with Crippen molar-refractivity contribution in [2.75, 3.05) is 13.4 Å². The van der Waals surface area contributed by atoms with E-state index in [-0.39, 0.29) is 0 Å². The maximum atomic E-state index is 10.1. The highest BCUT2D eigenvalue weighted by atomic mass is 33.1. The smallest absolute Gasteiger partial charge is 0.265 e. The van der Waals surface area contributed by atoms with Crippen molar-refractivity contribution in [2.24, 2.45) is 0 Å². The van der Waals surface area contributed by atoms with Crippen LogP contribution in [0, 0.1) is 0 Å². The summed E-state index contributed by atoms with van der Waals surface area (Å²) < 4.78 is 24.2. The highest BCUT2D eigenvalue weighted by Gasteiger charge is 2.01. The zero-order valence-corrected chi connectivity index (χ0v) is 5.67. The van der Waals surface area contributed by atoms with Gasteiger partial charge in [-0.15, -0.1) is 0 Å². The molecule has 0 aromatic carbocycles. The quantitative estimate of drug-likeness (QED) is 0.518. The Morgan fingerprint density at radius 1 is 1.57 bits per heavy atom. The van der Waals surface area contributed by atoms with Gasteiger partial charge in [-0.2, -0.15) is 8.42 Å². The van der Waals surface area contributed by atoms with Crippen LogP contribution in [0.25, 0.3) is 0 Å². The molecule has 0 saturated carbocycles. The summed E-state index contributed by atoms with van der Waals surface area (Å²) in [6.45, 7) is 0. The van der Waals surface area contributed by atoms with Crippen LogP contribution in [0.15, 0.2) is 0 Å². The fraction of sp³-hybridized carbons (Fsp3) is 1.00. The second-order valence-electron chi connectivity index (χ2n) is 0.742. The van der Waals surface area contributed by atoms with Gasteiger partial charge in [-0.25, -0.2) is 0 Å². The van der Waals surface area contributed by atoms with Gasteiger partial charge in [0, 0.05) is 0 Å². The Bertz CT molecular complexity index is 114. The summed E-state index contributed by atoms with van der Waals surface area (Å²) in [7, 11) is -1.43. The van der Waals surface area contributed by atoms with Crippen LogP contribution in [-0.4, -0.2) is 21.8 Å². The predicted octanol–water partition coefficient (Wildman–Crippen LogP) is 0.241. The van der Waals surface area contributed by atoms with Gasteiger partial charge in [-0.05, 0) is 17.0 Å². The molecule has 3 nitrogen and oxygen atoms in total. The zero-order chi connectivity index (χ0) is 5.91. The van der Waals surface area contributed by atoms with Crippen LogP contribution in [0.4, 0.5) is 0 Å². The van der Waals surface area contributed by atoms with Crippen LogP contribution in [0.3, 0.4) is 0 Å². The molecule has 44 valence electrons. The summed E-state index contributed by atoms with van der Waals surface area (Å²) in [5.41, 5.74) is 0. The lowest BCUT2D eigenvalue weighted by Gasteiger charge is -1.89. The minimum atomic E-state index is -3.24. The molecule has 0 saturated heterocycles. The molecule has 0 aliphatic rings. The molecular weight excluding hydrogens is 136 g/mol. The van der Waals surface area contributed by atoms with Crippen molar-refractivity contribution in [3.05, 3.63) is 0 Å². The molecule has 0 amide bonds. The summed E-state index contributed by atoms with van der Waals surface area (Å²) in [5, 5.41) is 0. The van der Waals surface area contributed by atoms with E-state index in [4.69, 9.17) is 0 Å². The fourth-order valence-electron chi connectivity index (χ4n) is 0.0680. The van der Waals surface area contributed by atoms with E-state index < -0.39 is 9.15 Å². The first-order valence-electron chi connectivity index (χ1n) is 1.48. The molecule has 7 heavy (non-hydrogen) atoms. The second-order valence-corrected chi connectivity index (χ2v) is 4.45. The second kappa shape index (κ2) is 2.54. The first-order valence-corrected chi connectivity index (χ1v) is 4.63. The van der Waals surface area contributed by atoms with Gasteiger partial charge in [-0.1, -0.05) is 0 Å². The largest absolute Gasteiger partial charge is 0.321 e. The molecule has 0 unspecified atom stereocenters. The van der Waals surface area contributed by atoms with Crippen molar-refractivity contribution in [1.29, 1.82) is 0 Å². The monoisotopic (exact) mass is 142 g/mol. The number of rotatable bonds is 2. The van der Waals surface area contributed by atoms with Crippen LogP contribution in [-0.2, 0) is 13.3 Å². The molecule has 0 rings (SSSR count). The van der Waals surface area contributed by atoms with Crippen molar-refractivity contribution < 1.29 is 12.6 Å². The first-order chi connectivity index (χ1) is 3.12. The molecular formula is C2H6O3S2. The molecule has 0 bridgehead atoms. The molecule has 0 aliphatic heterocycles. The lowest BCUT2D eigenvalue weighted by molar-refractivity contribution is 0.413. The number of hydrogen-bond acceptors (Lipinski definition) is 4. The van der Waals surface area contributed by atoms with Gasteiger partial charge in [0.2, 0.25) is 0 Å². The number of hydrogen-bond donors (Lipinski definition) is 0. The van der Waals surface area contributed by atoms with Crippen molar-refractivity contribution in [3.8, 4) is 0 Å². The Morgan fingerprint density at radius 3 is 2.00 bits per heavy atom. The third-order valence-corrected chi connectivity index (χ3v) is 2.86. The molecule has 0 aromatic heterocycles. The third kappa shape index (κ3) is 2.90. The molecule has 0 fully saturated rings. The first kappa shape index (κ1) is 7.26. The van der Waals surface area contributed by atoms with Crippen LogP contribution in [0.2, 0.25) is 0 Å². The van der Waals surface area contributed by atoms with E-state index in [0.717, 1.165) is 7.11 Å². The van der Waals surface area contributed by atoms with E-state index >= 15 is 0 Å². The Kier molecular flexibility index (Phi) is 2.63. The normalized spacial score (nSPS) is 11.7. The Labute approximate surface area is 46.6 Å². The van der Waals surface area contributed by atoms with E-state index in [0.29, 0.717) is 10.8 Å². The van der Waals surface area contributed by atoms with Gasteiger partial charge in [0.15, 0.2) is 0 Å². The van der Waals surface area contributed by atoms with Gasteiger partial charge in [0.1, 0.15) is 0 Å². The van der Waals surface area contributed by atoms with Gasteiger partial charge >= 0.3 is 9.15 Å². The molecule has 0 radical (unpaired) electrons. The van der Waals surface area contributed by atoms with Crippen LogP contribution in [0.5, 0.6) is 0 Å². The minimum Gasteiger partial charge on any atom is -0.265 e. The molecule has 0 aliphatic carbocycles. The average Bonchev–Trinajstić information content (AvgIpc) is 1.68. The zero-order valence-electron chi connectivity index (χ0n) is 4.04. The molecule has 0 spiro atoms. The van der Waals surface area contributed by atoms with Crippen molar-refractivity contribution in [2.45, 2.75) is 0 Å². The van der Waals surface area contributed by atoms with E-state index in [9.17, 15) is 8.42 Å². The fourth-order valence-corrected chi connectivity index (χ4v) is 0.612. The maximum Gasteiger partial charge on any atom is 0.321 e. The molecule has 0 aromatic rings. The highest BCUT2D eigenvalue weighted by molar-refractivity contribution is 8.70. The van der Waals surface area contributed by atoms with Crippen LogP contribution < -0.4 is 0 Å². The topological polar surface area (TPSA) is 43.4 Å². The lowest BCUT2D eigenvalue weighted by atomic mass is 11.8. The van der Waals surface area contributed by atoms with Gasteiger partial charge in [0.05, 0.1) is 7.11 Å². The standard InChI is InChI=1S/C2H6O3S2/c1-5-7(3,4)6-2/h1-2H3. The summed E-state index contributed by atoms with van der Waals surface area (Å²) >= 11 is 0. The Hall–Kier alpha value is 0.260. The van der Waals surface area contributed by atoms with Crippen LogP contribution in [0.1, 0.15) is 0 Å². The predicted molar refractivity (Wildman–Crippen MR) is 29.4 cm³/mol. The lowest BCUT2D eigenvalue weighted by Crippen LogP contribution is -1.92. The molecule has 0 N–H and O–H groups in total. The highest BCUT2D eigenvalue weighted by Crippen LogP contribution is 2.06. The SMILES string of the molecule is COS(=O)(=O)SC. The van der Waals surface area contributed by atoms with Gasteiger partial charge in [-0.3, -0.25) is 4.18 Å². The van der Waals surface area contributed by atoms with E-state index in [1.807, 2.05) is 0 Å². The van der Waals surface area contributed by atoms with E-state index in [2.05, 4.69) is 4.18 Å². The summed E-state index contributed by atoms with van der Waals surface area (Å²) in [6, 6.07) is 0. The van der Waals surface area contributed by atoms with E-state index in [1.54, 1.807) is 0 Å². The minimum absolute atomic E-state index is 0.677. The van der Waals surface area contributed by atoms with Gasteiger partial charge < -0.3 is 0 Å². The molecule has 5 heteroatoms. The summed E-state index contributed by atoms with van der Waals surface area (Å²) in [4.78, 5) is 0. The molecule has 0 atom stereocenters. The molecule has 0 heterocycles. The van der Waals surface area contributed by atoms with Crippen molar-refractivity contribution >= 4 is 19.9 Å². The van der Waals surface area contributed by atoms with E-state index in [1.165, 1.54) is 6.26 Å². The Morgan fingerprint density at radius 2 is 2.00 bits per heavy atom. The maximum absolute atomic E-state index is 10.1. The summed E-state index contributed by atoms with van der Waals surface area (Å²) in [6.07, 6.45) is 1.44. The van der Waals surface area contributed by atoms with Gasteiger partial charge in [0.25, 0.3) is 0 Å². The Balaban J connectivity index is 3.89. The third-order valence-electron chi connectivity index (χ3n) is 0.408. The van der Waals surface area contributed by atoms with Crippen molar-refractivity contribution in [3.63, 3.8) is 0 Å². The average molecular weight is 142 g/mol.